The van der Waals surface area contributed by atoms with E-state index in [1.807, 2.05) is 0 Å². The van der Waals surface area contributed by atoms with Crippen molar-refractivity contribution in [3.63, 3.8) is 0 Å². The molecule has 2 N–H and O–H groups in total. The van der Waals surface area contributed by atoms with Crippen LogP contribution < -0.4 is 10.6 Å². The molecule has 9 heteroatoms. The molecule has 0 aliphatic carbocycles. The average Bonchev–Trinajstić information content (AvgIpc) is 2.46. The fraction of sp³-hybridized carbons (Fsp3) is 0.357. The summed E-state index contributed by atoms with van der Waals surface area (Å²) in [7, 11) is 3.13. The summed E-state index contributed by atoms with van der Waals surface area (Å²) in [5, 5.41) is 13.3. The maximum Gasteiger partial charge on any atom is 0.417 e. The second kappa shape index (κ2) is 7.49. The minimum atomic E-state index is -4.70. The first-order chi connectivity index (χ1) is 10.6. The first-order valence-corrected chi connectivity index (χ1v) is 6.51. The van der Waals surface area contributed by atoms with E-state index >= 15 is 0 Å². The molecule has 0 radical (unpaired) electrons. The summed E-state index contributed by atoms with van der Waals surface area (Å²) in [6.45, 7) is 0.0469. The number of anilines is 1. The van der Waals surface area contributed by atoms with Crippen LogP contribution in [0.15, 0.2) is 18.2 Å². The van der Waals surface area contributed by atoms with E-state index in [2.05, 4.69) is 10.6 Å². The van der Waals surface area contributed by atoms with Crippen LogP contribution in [0.4, 0.5) is 23.7 Å². The summed E-state index contributed by atoms with van der Waals surface area (Å²) in [5.74, 6) is -0.192. The lowest BCUT2D eigenvalue weighted by Gasteiger charge is -2.13. The largest absolute Gasteiger partial charge is 0.417 e. The molecule has 6 nitrogen and oxygen atoms in total. The second-order valence-electron chi connectivity index (χ2n) is 4.79. The number of nitrogens with zero attached hydrogens (tertiary/aromatic N) is 2. The molecule has 23 heavy (non-hydrogen) atoms. The summed E-state index contributed by atoms with van der Waals surface area (Å²) >= 11 is 0. The van der Waals surface area contributed by atoms with E-state index in [-0.39, 0.29) is 24.6 Å². The normalized spacial score (nSPS) is 10.6. The summed E-state index contributed by atoms with van der Waals surface area (Å²) < 4.78 is 38.4. The van der Waals surface area contributed by atoms with Gasteiger partial charge in [-0.25, -0.2) is 4.79 Å². The lowest BCUT2D eigenvalue weighted by molar-refractivity contribution is -0.137. The smallest absolute Gasteiger partial charge is 0.349 e. The number of amides is 3. The van der Waals surface area contributed by atoms with Crippen molar-refractivity contribution in [2.45, 2.75) is 12.6 Å². The lowest BCUT2D eigenvalue weighted by atomic mass is 10.1. The highest BCUT2D eigenvalue weighted by Gasteiger charge is 2.33. The van der Waals surface area contributed by atoms with Gasteiger partial charge in [-0.2, -0.15) is 18.4 Å². The third-order valence-electron chi connectivity index (χ3n) is 2.83. The van der Waals surface area contributed by atoms with Crippen LogP contribution >= 0.6 is 0 Å². The summed E-state index contributed by atoms with van der Waals surface area (Å²) in [6.07, 6.45) is -4.63. The highest BCUT2D eigenvalue weighted by atomic mass is 19.4. The van der Waals surface area contributed by atoms with Crippen LogP contribution in [0.5, 0.6) is 0 Å². The van der Waals surface area contributed by atoms with Crippen molar-refractivity contribution in [2.24, 2.45) is 0 Å². The second-order valence-corrected chi connectivity index (χ2v) is 4.79. The molecule has 0 aromatic heterocycles. The number of carbonyl (C=O) groups is 2. The van der Waals surface area contributed by atoms with Gasteiger partial charge in [0.1, 0.15) is 0 Å². The molecule has 0 bridgehead atoms. The van der Waals surface area contributed by atoms with Gasteiger partial charge in [0.05, 0.1) is 17.2 Å². The van der Waals surface area contributed by atoms with Crippen molar-refractivity contribution in [1.29, 1.82) is 5.26 Å². The van der Waals surface area contributed by atoms with E-state index in [1.54, 1.807) is 14.1 Å². The third kappa shape index (κ3) is 5.50. The van der Waals surface area contributed by atoms with Gasteiger partial charge in [-0.05, 0) is 18.2 Å². The number of nitrogens with one attached hydrogen (secondary N) is 2. The monoisotopic (exact) mass is 328 g/mol. The zero-order valence-corrected chi connectivity index (χ0v) is 12.5. The molecule has 0 saturated heterocycles. The Morgan fingerprint density at radius 1 is 1.30 bits per heavy atom. The van der Waals surface area contributed by atoms with E-state index in [0.29, 0.717) is 6.07 Å². The molecular weight excluding hydrogens is 313 g/mol. The van der Waals surface area contributed by atoms with Crippen molar-refractivity contribution in [2.75, 3.05) is 26.0 Å². The molecule has 0 aliphatic rings. The lowest BCUT2D eigenvalue weighted by Crippen LogP contribution is -2.33. The molecule has 0 aliphatic heterocycles. The van der Waals surface area contributed by atoms with Gasteiger partial charge in [-0.1, -0.05) is 0 Å². The van der Waals surface area contributed by atoms with Crippen molar-refractivity contribution in [1.82, 2.24) is 10.2 Å². The van der Waals surface area contributed by atoms with Gasteiger partial charge in [0.15, 0.2) is 0 Å². The molecular formula is C14H15F3N4O2. The zero-order chi connectivity index (χ0) is 17.6. The summed E-state index contributed by atoms with van der Waals surface area (Å²) in [6, 6.07) is 3.56. The maximum absolute atomic E-state index is 12.8. The molecule has 1 rings (SSSR count). The third-order valence-corrected chi connectivity index (χ3v) is 2.83. The molecule has 0 unspecified atom stereocenters. The highest BCUT2D eigenvalue weighted by Crippen LogP contribution is 2.33. The SMILES string of the molecule is CN(C)C(=O)CCNC(=O)Nc1ccc(C#N)c(C(F)(F)F)c1. The fourth-order valence-electron chi connectivity index (χ4n) is 1.64. The zero-order valence-electron chi connectivity index (χ0n) is 12.5. The Balaban J connectivity index is 2.69. The Morgan fingerprint density at radius 2 is 1.96 bits per heavy atom. The van der Waals surface area contributed by atoms with E-state index in [0.717, 1.165) is 6.07 Å². The van der Waals surface area contributed by atoms with Crippen LogP contribution in [-0.4, -0.2) is 37.5 Å². The van der Waals surface area contributed by atoms with Gasteiger partial charge in [-0.3, -0.25) is 4.79 Å². The number of nitriles is 1. The van der Waals surface area contributed by atoms with Gasteiger partial charge >= 0.3 is 12.2 Å². The number of alkyl halides is 3. The topological polar surface area (TPSA) is 85.2 Å². The van der Waals surface area contributed by atoms with Crippen LogP contribution in [0.25, 0.3) is 0 Å². The predicted molar refractivity (Wildman–Crippen MR) is 76.5 cm³/mol. The van der Waals surface area contributed by atoms with E-state index in [4.69, 9.17) is 5.26 Å². The van der Waals surface area contributed by atoms with E-state index < -0.39 is 23.3 Å². The Kier molecular flexibility index (Phi) is 5.95. The molecule has 1 aromatic carbocycles. The number of hydrogen-bond donors (Lipinski definition) is 2. The van der Waals surface area contributed by atoms with Crippen LogP contribution in [0.2, 0.25) is 0 Å². The number of rotatable bonds is 4. The van der Waals surface area contributed by atoms with Crippen molar-refractivity contribution >= 4 is 17.6 Å². The number of hydrogen-bond acceptors (Lipinski definition) is 3. The van der Waals surface area contributed by atoms with Crippen molar-refractivity contribution < 1.29 is 22.8 Å². The number of urea groups is 1. The standard InChI is InChI=1S/C14H15F3N4O2/c1-21(2)12(22)5-6-19-13(23)20-10-4-3-9(8-18)11(7-10)14(15,16)17/h3-4,7H,5-6H2,1-2H3,(H2,19,20,23). The molecule has 0 saturated carbocycles. The number of benzene rings is 1. The van der Waals surface area contributed by atoms with E-state index in [1.165, 1.54) is 17.0 Å². The van der Waals surface area contributed by atoms with Crippen molar-refractivity contribution in [3.8, 4) is 6.07 Å². The van der Waals surface area contributed by atoms with Gasteiger partial charge in [0.25, 0.3) is 0 Å². The Bertz CT molecular complexity index is 636. The van der Waals surface area contributed by atoms with Crippen LogP contribution in [-0.2, 0) is 11.0 Å². The van der Waals surface area contributed by atoms with E-state index in [9.17, 15) is 22.8 Å². The quantitative estimate of drug-likeness (QED) is 0.888. The Morgan fingerprint density at radius 3 is 2.48 bits per heavy atom. The first kappa shape index (κ1) is 18.3. The molecule has 1 aromatic rings. The molecule has 3 amide bonds. The van der Waals surface area contributed by atoms with Crippen molar-refractivity contribution in [3.05, 3.63) is 29.3 Å². The molecule has 124 valence electrons. The number of halogens is 3. The Hall–Kier alpha value is -2.76. The Labute approximate surface area is 130 Å². The first-order valence-electron chi connectivity index (χ1n) is 6.51. The molecule has 0 atom stereocenters. The van der Waals surface area contributed by atoms with Gasteiger partial charge < -0.3 is 15.5 Å². The summed E-state index contributed by atoms with van der Waals surface area (Å²) in [5.41, 5.74) is -1.76. The maximum atomic E-state index is 12.8. The van der Waals surface area contributed by atoms with Gasteiger partial charge in [0, 0.05) is 32.7 Å². The molecule has 0 fully saturated rings. The number of carbonyl (C=O) groups excluding carboxylic acids is 2. The van der Waals surface area contributed by atoms with Crippen LogP contribution in [0.1, 0.15) is 17.5 Å². The van der Waals surface area contributed by atoms with Gasteiger partial charge in [0.2, 0.25) is 5.91 Å². The van der Waals surface area contributed by atoms with Gasteiger partial charge in [-0.15, -0.1) is 0 Å². The van der Waals surface area contributed by atoms with Crippen LogP contribution in [0.3, 0.4) is 0 Å². The highest BCUT2D eigenvalue weighted by molar-refractivity contribution is 5.89. The minimum absolute atomic E-state index is 0.0469. The predicted octanol–water partition coefficient (Wildman–Crippen LogP) is 2.18. The molecule has 0 heterocycles. The molecule has 0 spiro atoms. The average molecular weight is 328 g/mol. The van der Waals surface area contributed by atoms with Crippen LogP contribution in [0, 0.1) is 11.3 Å². The summed E-state index contributed by atoms with van der Waals surface area (Å²) in [4.78, 5) is 24.2. The fourth-order valence-corrected chi connectivity index (χ4v) is 1.64. The minimum Gasteiger partial charge on any atom is -0.349 e.